The second kappa shape index (κ2) is 7.45. The normalized spacial score (nSPS) is 18.2. The van der Waals surface area contributed by atoms with Crippen molar-refractivity contribution in [3.05, 3.63) is 52.3 Å². The van der Waals surface area contributed by atoms with Crippen molar-refractivity contribution in [3.8, 4) is 0 Å². The number of pyridine rings is 1. The number of hydrogen-bond donors (Lipinski definition) is 1. The van der Waals surface area contributed by atoms with Crippen LogP contribution in [0.15, 0.2) is 35.5 Å². The molecule has 9 heteroatoms. The lowest BCUT2D eigenvalue weighted by Crippen LogP contribution is -2.47. The number of nitrogens with one attached hydrogen (secondary N) is 1. The van der Waals surface area contributed by atoms with Crippen LogP contribution in [0.1, 0.15) is 24.1 Å². The average molecular weight is 367 g/mol. The fraction of sp³-hybridized carbons (Fsp3) is 0.471. The van der Waals surface area contributed by atoms with Gasteiger partial charge in [0.25, 0.3) is 5.56 Å². The maximum Gasteiger partial charge on any atom is 0.418 e. The largest absolute Gasteiger partial charge is 0.418 e. The number of halogens is 3. The van der Waals surface area contributed by atoms with Gasteiger partial charge in [0.05, 0.1) is 11.3 Å². The Kier molecular flexibility index (Phi) is 5.26. The average Bonchev–Trinajstić information content (AvgIpc) is 2.62. The zero-order chi connectivity index (χ0) is 18.7. The maximum atomic E-state index is 13.1. The Morgan fingerprint density at radius 1 is 1.31 bits per heavy atom. The number of rotatable bonds is 4. The third kappa shape index (κ3) is 4.04. The topological polar surface area (TPSA) is 63.1 Å². The number of anilines is 1. The Hall–Kier alpha value is -2.42. The molecule has 26 heavy (non-hydrogen) atoms. The van der Waals surface area contributed by atoms with Crippen LogP contribution in [0.25, 0.3) is 0 Å². The van der Waals surface area contributed by atoms with Crippen LogP contribution in [-0.2, 0) is 19.8 Å². The monoisotopic (exact) mass is 367 g/mol. The minimum absolute atomic E-state index is 0.0222. The molecule has 6 nitrogen and oxygen atoms in total. The van der Waals surface area contributed by atoms with Crippen molar-refractivity contribution in [2.45, 2.75) is 31.6 Å². The fourth-order valence-corrected chi connectivity index (χ4v) is 3.12. The van der Waals surface area contributed by atoms with Crippen LogP contribution in [0, 0.1) is 0 Å². The van der Waals surface area contributed by atoms with E-state index in [0.29, 0.717) is 18.9 Å². The van der Waals surface area contributed by atoms with Gasteiger partial charge in [0.15, 0.2) is 5.82 Å². The van der Waals surface area contributed by atoms with E-state index >= 15 is 0 Å². The van der Waals surface area contributed by atoms with Gasteiger partial charge < -0.3 is 14.8 Å². The Labute approximate surface area is 148 Å². The number of nitrogens with zero attached hydrogens (tertiary/aromatic N) is 4. The molecule has 140 valence electrons. The first-order valence-corrected chi connectivity index (χ1v) is 8.37. The molecule has 1 aliphatic heterocycles. The third-order valence-corrected chi connectivity index (χ3v) is 4.47. The second-order valence-electron chi connectivity index (χ2n) is 6.33. The molecule has 0 amide bonds. The SMILES string of the molecule is Cn1ccnc(N2CCC[C@@H](NCc3ncccc3C(F)(F)F)C2)c1=O. The van der Waals surface area contributed by atoms with Gasteiger partial charge >= 0.3 is 6.18 Å². The lowest BCUT2D eigenvalue weighted by Gasteiger charge is -2.33. The minimum Gasteiger partial charge on any atom is -0.350 e. The minimum atomic E-state index is -4.43. The molecule has 1 N–H and O–H groups in total. The van der Waals surface area contributed by atoms with Crippen molar-refractivity contribution in [2.24, 2.45) is 7.05 Å². The lowest BCUT2D eigenvalue weighted by atomic mass is 10.1. The summed E-state index contributed by atoms with van der Waals surface area (Å²) in [5.74, 6) is 0.371. The highest BCUT2D eigenvalue weighted by atomic mass is 19.4. The first kappa shape index (κ1) is 18.4. The molecule has 1 aliphatic rings. The quantitative estimate of drug-likeness (QED) is 0.895. The highest BCUT2D eigenvalue weighted by Crippen LogP contribution is 2.31. The van der Waals surface area contributed by atoms with Crippen LogP contribution in [-0.4, -0.2) is 33.7 Å². The molecular formula is C17H20F3N5O. The molecule has 0 unspecified atom stereocenters. The van der Waals surface area contributed by atoms with Crippen molar-refractivity contribution >= 4 is 5.82 Å². The predicted octanol–water partition coefficient (Wildman–Crippen LogP) is 1.95. The highest BCUT2D eigenvalue weighted by Gasteiger charge is 2.34. The van der Waals surface area contributed by atoms with Crippen LogP contribution in [0.3, 0.4) is 0 Å². The van der Waals surface area contributed by atoms with Crippen molar-refractivity contribution in [1.29, 1.82) is 0 Å². The van der Waals surface area contributed by atoms with E-state index in [2.05, 4.69) is 15.3 Å². The first-order valence-electron chi connectivity index (χ1n) is 8.37. The van der Waals surface area contributed by atoms with Gasteiger partial charge in [0, 0.05) is 51.3 Å². The van der Waals surface area contributed by atoms with E-state index in [1.54, 1.807) is 19.4 Å². The molecule has 0 radical (unpaired) electrons. The molecule has 1 saturated heterocycles. The molecule has 0 spiro atoms. The Morgan fingerprint density at radius 2 is 2.12 bits per heavy atom. The van der Waals surface area contributed by atoms with Crippen molar-refractivity contribution in [2.75, 3.05) is 18.0 Å². The first-order chi connectivity index (χ1) is 12.4. The zero-order valence-corrected chi connectivity index (χ0v) is 14.3. The van der Waals surface area contributed by atoms with Crippen LogP contribution in [0.2, 0.25) is 0 Å². The van der Waals surface area contributed by atoms with E-state index in [1.165, 1.54) is 16.8 Å². The molecule has 3 rings (SSSR count). The molecule has 0 aliphatic carbocycles. The smallest absolute Gasteiger partial charge is 0.350 e. The number of alkyl halides is 3. The highest BCUT2D eigenvalue weighted by molar-refractivity contribution is 5.36. The molecule has 1 fully saturated rings. The Bertz CT molecular complexity index is 821. The summed E-state index contributed by atoms with van der Waals surface area (Å²) in [4.78, 5) is 22.1. The molecule has 2 aromatic rings. The van der Waals surface area contributed by atoms with Gasteiger partial charge in [0.2, 0.25) is 0 Å². The van der Waals surface area contributed by atoms with Crippen molar-refractivity contribution in [1.82, 2.24) is 19.9 Å². The standard InChI is InChI=1S/C17H20F3N5O/c1-24-9-7-22-15(16(24)26)25-8-3-4-12(11-25)23-10-14-13(17(18,19)20)5-2-6-21-14/h2,5-7,9,12,23H,3-4,8,10-11H2,1H3/t12-/m1/s1. The summed E-state index contributed by atoms with van der Waals surface area (Å²) in [7, 11) is 1.66. The summed E-state index contributed by atoms with van der Waals surface area (Å²) < 4.78 is 40.6. The number of hydrogen-bond acceptors (Lipinski definition) is 5. The van der Waals surface area contributed by atoms with Crippen LogP contribution in [0.4, 0.5) is 19.0 Å². The summed E-state index contributed by atoms with van der Waals surface area (Å²) in [5, 5.41) is 3.14. The van der Waals surface area contributed by atoms with E-state index in [4.69, 9.17) is 0 Å². The molecule has 0 saturated carbocycles. The second-order valence-corrected chi connectivity index (χ2v) is 6.33. The summed E-state index contributed by atoms with van der Waals surface area (Å²) in [6, 6.07) is 2.28. The number of aromatic nitrogens is 3. The van der Waals surface area contributed by atoms with E-state index in [0.717, 1.165) is 18.9 Å². The lowest BCUT2D eigenvalue weighted by molar-refractivity contribution is -0.138. The van der Waals surface area contributed by atoms with Gasteiger partial charge in [-0.1, -0.05) is 0 Å². The van der Waals surface area contributed by atoms with E-state index < -0.39 is 11.7 Å². The summed E-state index contributed by atoms with van der Waals surface area (Å²) in [6.07, 6.45) is 1.73. The van der Waals surface area contributed by atoms with Gasteiger partial charge in [-0.3, -0.25) is 9.78 Å². The van der Waals surface area contributed by atoms with E-state index in [-0.39, 0.29) is 23.8 Å². The van der Waals surface area contributed by atoms with Gasteiger partial charge in [-0.05, 0) is 25.0 Å². The molecule has 0 aromatic carbocycles. The Balaban J connectivity index is 1.69. The summed E-state index contributed by atoms with van der Waals surface area (Å²) >= 11 is 0. The maximum absolute atomic E-state index is 13.1. The van der Waals surface area contributed by atoms with Gasteiger partial charge in [-0.2, -0.15) is 13.2 Å². The Morgan fingerprint density at radius 3 is 2.88 bits per heavy atom. The molecule has 3 heterocycles. The van der Waals surface area contributed by atoms with Crippen LogP contribution < -0.4 is 15.8 Å². The van der Waals surface area contributed by atoms with Gasteiger partial charge in [-0.25, -0.2) is 4.98 Å². The van der Waals surface area contributed by atoms with E-state index in [1.807, 2.05) is 4.90 Å². The fourth-order valence-electron chi connectivity index (χ4n) is 3.12. The van der Waals surface area contributed by atoms with Crippen LogP contribution >= 0.6 is 0 Å². The molecule has 0 bridgehead atoms. The van der Waals surface area contributed by atoms with Crippen molar-refractivity contribution < 1.29 is 13.2 Å². The number of piperidine rings is 1. The van der Waals surface area contributed by atoms with Crippen molar-refractivity contribution in [3.63, 3.8) is 0 Å². The molecular weight excluding hydrogens is 347 g/mol. The number of aryl methyl sites for hydroxylation is 1. The summed E-state index contributed by atoms with van der Waals surface area (Å²) in [5.41, 5.74) is -0.929. The van der Waals surface area contributed by atoms with Gasteiger partial charge in [-0.15, -0.1) is 0 Å². The van der Waals surface area contributed by atoms with Crippen LogP contribution in [0.5, 0.6) is 0 Å². The molecule has 2 aromatic heterocycles. The molecule has 1 atom stereocenters. The zero-order valence-electron chi connectivity index (χ0n) is 14.3. The predicted molar refractivity (Wildman–Crippen MR) is 90.8 cm³/mol. The summed E-state index contributed by atoms with van der Waals surface area (Å²) in [6.45, 7) is 1.23. The van der Waals surface area contributed by atoms with Gasteiger partial charge in [0.1, 0.15) is 0 Å². The van der Waals surface area contributed by atoms with E-state index in [9.17, 15) is 18.0 Å². The third-order valence-electron chi connectivity index (χ3n) is 4.47.